The summed E-state index contributed by atoms with van der Waals surface area (Å²) in [7, 11) is 0. The average molecular weight is 421 g/mol. The Kier molecular flexibility index (Phi) is 8.20. The van der Waals surface area contributed by atoms with Gasteiger partial charge in [-0.2, -0.15) is 0 Å². The van der Waals surface area contributed by atoms with Gasteiger partial charge in [0.1, 0.15) is 5.66 Å². The zero-order valence-corrected chi connectivity index (χ0v) is 17.5. The van der Waals surface area contributed by atoms with E-state index in [4.69, 9.17) is 34.7 Å². The van der Waals surface area contributed by atoms with Crippen molar-refractivity contribution in [2.75, 3.05) is 0 Å². The largest absolute Gasteiger partial charge is 0.306 e. The van der Waals surface area contributed by atoms with E-state index >= 15 is 0 Å². The maximum atomic E-state index is 13.2. The van der Waals surface area contributed by atoms with Crippen LogP contribution in [0.25, 0.3) is 0 Å². The third-order valence-corrected chi connectivity index (χ3v) is 5.37. The molecule has 6 heteroatoms. The van der Waals surface area contributed by atoms with Crippen LogP contribution in [-0.4, -0.2) is 17.2 Å². The first-order valence-corrected chi connectivity index (χ1v) is 10.2. The first-order valence-electron chi connectivity index (χ1n) is 9.45. The first-order chi connectivity index (χ1) is 13.3. The standard InChI is InChI=1S/C22H26Cl2N2O2/c1-2-3-4-5-6-19(20(27)15-7-11-17(23)12-8-15)22(25,26)21(28)16-9-13-18(24)14-10-16/h7-14,19H,2-6,25-26H2,1H3. The fourth-order valence-corrected chi connectivity index (χ4v) is 3.44. The summed E-state index contributed by atoms with van der Waals surface area (Å²) in [5.74, 6) is -1.57. The van der Waals surface area contributed by atoms with Gasteiger partial charge in [0, 0.05) is 21.2 Å². The molecule has 2 aromatic rings. The summed E-state index contributed by atoms with van der Waals surface area (Å²) in [5.41, 5.74) is 11.6. The van der Waals surface area contributed by atoms with Gasteiger partial charge in [-0.15, -0.1) is 0 Å². The molecule has 2 rings (SSSR count). The Hall–Kier alpha value is -1.72. The summed E-state index contributed by atoms with van der Waals surface area (Å²) in [6.45, 7) is 2.11. The molecule has 0 aliphatic rings. The number of hydrogen-bond donors (Lipinski definition) is 2. The van der Waals surface area contributed by atoms with Gasteiger partial charge >= 0.3 is 0 Å². The molecule has 0 heterocycles. The van der Waals surface area contributed by atoms with Crippen LogP contribution in [0, 0.1) is 5.92 Å². The smallest absolute Gasteiger partial charge is 0.197 e. The molecular formula is C22H26Cl2N2O2. The van der Waals surface area contributed by atoms with Crippen molar-refractivity contribution >= 4 is 34.8 Å². The van der Waals surface area contributed by atoms with Crippen LogP contribution >= 0.6 is 23.2 Å². The maximum absolute atomic E-state index is 13.2. The summed E-state index contributed by atoms with van der Waals surface area (Å²) >= 11 is 11.8. The van der Waals surface area contributed by atoms with Crippen LogP contribution in [0.4, 0.5) is 0 Å². The Morgan fingerprint density at radius 3 is 1.86 bits per heavy atom. The molecule has 1 atom stereocenters. The summed E-state index contributed by atoms with van der Waals surface area (Å²) in [4.78, 5) is 26.2. The highest BCUT2D eigenvalue weighted by molar-refractivity contribution is 6.31. The molecule has 0 aromatic heterocycles. The predicted octanol–water partition coefficient (Wildman–Crippen LogP) is 5.26. The number of rotatable bonds is 10. The number of nitrogens with two attached hydrogens (primary N) is 2. The zero-order valence-electron chi connectivity index (χ0n) is 16.0. The highest BCUT2D eigenvalue weighted by Gasteiger charge is 2.42. The highest BCUT2D eigenvalue weighted by Crippen LogP contribution is 2.27. The van der Waals surface area contributed by atoms with Crippen LogP contribution in [0.2, 0.25) is 10.0 Å². The molecule has 150 valence electrons. The number of Topliss-reactive ketones (excluding diaryl/α,β-unsaturated/α-hetero) is 2. The average Bonchev–Trinajstić information content (AvgIpc) is 2.68. The van der Waals surface area contributed by atoms with Gasteiger partial charge in [0.25, 0.3) is 0 Å². The fraction of sp³-hybridized carbons (Fsp3) is 0.364. The molecule has 0 saturated carbocycles. The molecule has 0 aliphatic carbocycles. The number of benzene rings is 2. The van der Waals surface area contributed by atoms with Gasteiger partial charge in [-0.25, -0.2) is 0 Å². The zero-order chi connectivity index (χ0) is 20.7. The van der Waals surface area contributed by atoms with Gasteiger partial charge in [0.15, 0.2) is 11.6 Å². The van der Waals surface area contributed by atoms with Gasteiger partial charge in [-0.1, -0.05) is 55.8 Å². The number of ketones is 2. The van der Waals surface area contributed by atoms with Crippen molar-refractivity contribution in [1.82, 2.24) is 0 Å². The molecule has 28 heavy (non-hydrogen) atoms. The van der Waals surface area contributed by atoms with Crippen LogP contribution < -0.4 is 11.5 Å². The van der Waals surface area contributed by atoms with Crippen molar-refractivity contribution in [3.8, 4) is 0 Å². The Morgan fingerprint density at radius 1 is 0.857 bits per heavy atom. The lowest BCUT2D eigenvalue weighted by Crippen LogP contribution is -2.63. The van der Waals surface area contributed by atoms with E-state index < -0.39 is 17.4 Å². The van der Waals surface area contributed by atoms with Crippen molar-refractivity contribution in [2.24, 2.45) is 17.4 Å². The lowest BCUT2D eigenvalue weighted by molar-refractivity contribution is 0.0713. The van der Waals surface area contributed by atoms with Gasteiger partial charge in [0.2, 0.25) is 0 Å². The van der Waals surface area contributed by atoms with E-state index in [1.807, 2.05) is 0 Å². The molecule has 0 radical (unpaired) electrons. The third kappa shape index (κ3) is 5.65. The number of unbranched alkanes of at least 4 members (excludes halogenated alkanes) is 3. The number of carbonyl (C=O) groups is 2. The number of hydrogen-bond acceptors (Lipinski definition) is 4. The normalized spacial score (nSPS) is 12.6. The molecule has 0 bridgehead atoms. The van der Waals surface area contributed by atoms with Crippen LogP contribution in [0.5, 0.6) is 0 Å². The Morgan fingerprint density at radius 2 is 1.36 bits per heavy atom. The Balaban J connectivity index is 2.31. The van der Waals surface area contributed by atoms with Crippen LogP contribution in [-0.2, 0) is 0 Å². The SMILES string of the molecule is CCCCCCC(C(=O)c1ccc(Cl)cc1)C(N)(N)C(=O)c1ccc(Cl)cc1. The molecular weight excluding hydrogens is 395 g/mol. The minimum atomic E-state index is -1.82. The van der Waals surface area contributed by atoms with E-state index in [1.54, 1.807) is 48.5 Å². The molecule has 0 saturated heterocycles. The summed E-state index contributed by atoms with van der Waals surface area (Å²) < 4.78 is 0. The highest BCUT2D eigenvalue weighted by atomic mass is 35.5. The van der Waals surface area contributed by atoms with E-state index in [1.165, 1.54) is 0 Å². The van der Waals surface area contributed by atoms with Crippen LogP contribution in [0.15, 0.2) is 48.5 Å². The summed E-state index contributed by atoms with van der Waals surface area (Å²) in [6.07, 6.45) is 4.27. The van der Waals surface area contributed by atoms with E-state index in [0.717, 1.165) is 25.7 Å². The first kappa shape index (κ1) is 22.6. The van der Waals surface area contributed by atoms with Crippen molar-refractivity contribution < 1.29 is 9.59 Å². The van der Waals surface area contributed by atoms with E-state index in [-0.39, 0.29) is 5.78 Å². The van der Waals surface area contributed by atoms with E-state index in [9.17, 15) is 9.59 Å². The van der Waals surface area contributed by atoms with E-state index in [2.05, 4.69) is 6.92 Å². The number of carbonyl (C=O) groups excluding carboxylic acids is 2. The quantitative estimate of drug-likeness (QED) is 0.311. The molecule has 0 fully saturated rings. The van der Waals surface area contributed by atoms with Gasteiger partial charge < -0.3 is 11.5 Å². The summed E-state index contributed by atoms with van der Waals surface area (Å²) in [5, 5.41) is 1.03. The fourth-order valence-electron chi connectivity index (χ4n) is 3.19. The Bertz CT molecular complexity index is 802. The molecule has 0 aliphatic heterocycles. The number of halogens is 2. The van der Waals surface area contributed by atoms with Crippen LogP contribution in [0.1, 0.15) is 59.7 Å². The topological polar surface area (TPSA) is 86.2 Å². The second kappa shape index (κ2) is 10.2. The molecule has 4 N–H and O–H groups in total. The van der Waals surface area contributed by atoms with Crippen molar-refractivity contribution in [3.05, 3.63) is 69.7 Å². The molecule has 1 unspecified atom stereocenters. The second-order valence-electron chi connectivity index (χ2n) is 7.04. The van der Waals surface area contributed by atoms with E-state index in [0.29, 0.717) is 27.6 Å². The second-order valence-corrected chi connectivity index (χ2v) is 7.91. The molecule has 2 aromatic carbocycles. The van der Waals surface area contributed by atoms with Crippen molar-refractivity contribution in [3.63, 3.8) is 0 Å². The van der Waals surface area contributed by atoms with Gasteiger partial charge in [-0.3, -0.25) is 9.59 Å². The maximum Gasteiger partial charge on any atom is 0.197 e. The minimum absolute atomic E-state index is 0.250. The lowest BCUT2D eigenvalue weighted by Gasteiger charge is -2.32. The molecule has 0 spiro atoms. The third-order valence-electron chi connectivity index (χ3n) is 4.87. The van der Waals surface area contributed by atoms with Gasteiger partial charge in [-0.05, 0) is 55.0 Å². The monoisotopic (exact) mass is 420 g/mol. The molecule has 4 nitrogen and oxygen atoms in total. The Labute approximate surface area is 176 Å². The van der Waals surface area contributed by atoms with Crippen molar-refractivity contribution in [2.45, 2.75) is 44.7 Å². The predicted molar refractivity (Wildman–Crippen MR) is 115 cm³/mol. The minimum Gasteiger partial charge on any atom is -0.306 e. The molecule has 0 amide bonds. The van der Waals surface area contributed by atoms with Crippen molar-refractivity contribution in [1.29, 1.82) is 0 Å². The lowest BCUT2D eigenvalue weighted by atomic mass is 9.78. The van der Waals surface area contributed by atoms with Crippen LogP contribution in [0.3, 0.4) is 0 Å². The summed E-state index contributed by atoms with van der Waals surface area (Å²) in [6, 6.07) is 12.9. The van der Waals surface area contributed by atoms with Gasteiger partial charge in [0.05, 0.1) is 5.92 Å².